The molecule has 1 aromatic carbocycles. The van der Waals surface area contributed by atoms with E-state index in [1.54, 1.807) is 36.5 Å². The molecule has 1 amide bonds. The first-order valence-corrected chi connectivity index (χ1v) is 7.51. The molecule has 0 aliphatic rings. The lowest BCUT2D eigenvalue weighted by molar-refractivity contribution is -0.123. The lowest BCUT2D eigenvalue weighted by Gasteiger charge is -2.13. The van der Waals surface area contributed by atoms with E-state index in [4.69, 9.17) is 16.3 Å². The SMILES string of the molecule is C[C@@H](OC(=O)c1cncc(Br)c1)C(=O)Nc1cccc(Cl)c1. The Balaban J connectivity index is 1.98. The number of nitrogens with zero attached hydrogens (tertiary/aromatic N) is 1. The minimum absolute atomic E-state index is 0.261. The van der Waals surface area contributed by atoms with Crippen molar-refractivity contribution < 1.29 is 14.3 Å². The van der Waals surface area contributed by atoms with E-state index in [1.807, 2.05) is 0 Å². The summed E-state index contributed by atoms with van der Waals surface area (Å²) < 4.78 is 5.76. The van der Waals surface area contributed by atoms with Crippen molar-refractivity contribution in [2.24, 2.45) is 0 Å². The molecule has 1 atom stereocenters. The van der Waals surface area contributed by atoms with Gasteiger partial charge in [0.15, 0.2) is 6.10 Å². The number of carbonyl (C=O) groups excluding carboxylic acids is 2. The van der Waals surface area contributed by atoms with E-state index in [0.29, 0.717) is 15.2 Å². The predicted molar refractivity (Wildman–Crippen MR) is 86.9 cm³/mol. The van der Waals surface area contributed by atoms with Crippen LogP contribution in [0.15, 0.2) is 47.2 Å². The molecule has 5 nitrogen and oxygen atoms in total. The number of rotatable bonds is 4. The van der Waals surface area contributed by atoms with Gasteiger partial charge < -0.3 is 10.1 Å². The largest absolute Gasteiger partial charge is 0.449 e. The fourth-order valence-corrected chi connectivity index (χ4v) is 2.17. The van der Waals surface area contributed by atoms with E-state index in [2.05, 4.69) is 26.2 Å². The van der Waals surface area contributed by atoms with Gasteiger partial charge in [0.1, 0.15) is 0 Å². The van der Waals surface area contributed by atoms with Crippen LogP contribution in [0.3, 0.4) is 0 Å². The number of carbonyl (C=O) groups is 2. The van der Waals surface area contributed by atoms with Crippen molar-refractivity contribution in [3.05, 3.63) is 57.8 Å². The molecule has 0 saturated carbocycles. The Morgan fingerprint density at radius 2 is 2.09 bits per heavy atom. The van der Waals surface area contributed by atoms with Gasteiger partial charge in [0.2, 0.25) is 0 Å². The van der Waals surface area contributed by atoms with Gasteiger partial charge >= 0.3 is 5.97 Å². The summed E-state index contributed by atoms with van der Waals surface area (Å²) in [6.07, 6.45) is 1.96. The maximum Gasteiger partial charge on any atom is 0.340 e. The maximum atomic E-state index is 12.0. The Kier molecular flexibility index (Phi) is 5.51. The second-order valence-electron chi connectivity index (χ2n) is 4.44. The molecule has 0 aliphatic heterocycles. The summed E-state index contributed by atoms with van der Waals surface area (Å²) in [6.45, 7) is 1.49. The Bertz CT molecular complexity index is 709. The first-order chi connectivity index (χ1) is 10.5. The lowest BCUT2D eigenvalue weighted by atomic mass is 10.2. The third kappa shape index (κ3) is 4.54. The van der Waals surface area contributed by atoms with E-state index >= 15 is 0 Å². The zero-order valence-corrected chi connectivity index (χ0v) is 13.9. The fourth-order valence-electron chi connectivity index (χ4n) is 1.62. The van der Waals surface area contributed by atoms with Crippen LogP contribution in [0.1, 0.15) is 17.3 Å². The first kappa shape index (κ1) is 16.5. The highest BCUT2D eigenvalue weighted by atomic mass is 79.9. The summed E-state index contributed by atoms with van der Waals surface area (Å²) in [7, 11) is 0. The number of pyridine rings is 1. The average molecular weight is 384 g/mol. The van der Waals surface area contributed by atoms with E-state index < -0.39 is 18.0 Å². The van der Waals surface area contributed by atoms with Crippen LogP contribution in [0.5, 0.6) is 0 Å². The van der Waals surface area contributed by atoms with Crippen molar-refractivity contribution in [2.75, 3.05) is 5.32 Å². The molecule has 0 saturated heterocycles. The van der Waals surface area contributed by atoms with Crippen molar-refractivity contribution in [3.8, 4) is 0 Å². The van der Waals surface area contributed by atoms with Crippen LogP contribution < -0.4 is 5.32 Å². The Hall–Kier alpha value is -1.92. The van der Waals surface area contributed by atoms with Gasteiger partial charge in [-0.25, -0.2) is 4.79 Å². The third-order valence-electron chi connectivity index (χ3n) is 2.69. The highest BCUT2D eigenvalue weighted by Crippen LogP contribution is 2.16. The molecule has 2 rings (SSSR count). The smallest absolute Gasteiger partial charge is 0.340 e. The molecule has 0 bridgehead atoms. The molecule has 1 N–H and O–H groups in total. The summed E-state index contributed by atoms with van der Waals surface area (Å²) in [6, 6.07) is 8.27. The van der Waals surface area contributed by atoms with Gasteiger partial charge in [-0.15, -0.1) is 0 Å². The van der Waals surface area contributed by atoms with E-state index in [0.717, 1.165) is 0 Å². The molecule has 0 fully saturated rings. The summed E-state index contributed by atoms with van der Waals surface area (Å²) in [5.41, 5.74) is 0.793. The summed E-state index contributed by atoms with van der Waals surface area (Å²) in [5.74, 6) is -1.07. The average Bonchev–Trinajstić information content (AvgIpc) is 2.47. The maximum absolute atomic E-state index is 12.0. The van der Waals surface area contributed by atoms with Crippen LogP contribution in [-0.4, -0.2) is 23.0 Å². The van der Waals surface area contributed by atoms with Gasteiger partial charge in [0, 0.05) is 27.6 Å². The highest BCUT2D eigenvalue weighted by molar-refractivity contribution is 9.10. The van der Waals surface area contributed by atoms with Gasteiger partial charge in [0.25, 0.3) is 5.91 Å². The van der Waals surface area contributed by atoms with E-state index in [1.165, 1.54) is 13.1 Å². The minimum atomic E-state index is -0.953. The number of ether oxygens (including phenoxy) is 1. The van der Waals surface area contributed by atoms with Gasteiger partial charge in [-0.3, -0.25) is 9.78 Å². The predicted octanol–water partition coefficient (Wildman–Crippen LogP) is 3.68. The summed E-state index contributed by atoms with van der Waals surface area (Å²) in [5, 5.41) is 3.13. The Labute approximate surface area is 140 Å². The number of benzene rings is 1. The molecular formula is C15H12BrClN2O3. The second-order valence-corrected chi connectivity index (χ2v) is 5.79. The zero-order valence-electron chi connectivity index (χ0n) is 11.5. The molecule has 114 valence electrons. The van der Waals surface area contributed by atoms with Crippen molar-refractivity contribution in [1.82, 2.24) is 4.98 Å². The molecule has 22 heavy (non-hydrogen) atoms. The van der Waals surface area contributed by atoms with Crippen molar-refractivity contribution in [3.63, 3.8) is 0 Å². The number of amides is 1. The van der Waals surface area contributed by atoms with Gasteiger partial charge in [-0.2, -0.15) is 0 Å². The van der Waals surface area contributed by atoms with Gasteiger partial charge in [0.05, 0.1) is 5.56 Å². The zero-order chi connectivity index (χ0) is 16.1. The van der Waals surface area contributed by atoms with Gasteiger partial charge in [-0.05, 0) is 47.1 Å². The van der Waals surface area contributed by atoms with E-state index in [9.17, 15) is 9.59 Å². The van der Waals surface area contributed by atoms with Crippen LogP contribution in [0.2, 0.25) is 5.02 Å². The van der Waals surface area contributed by atoms with Crippen LogP contribution in [0.25, 0.3) is 0 Å². The van der Waals surface area contributed by atoms with Crippen LogP contribution in [0.4, 0.5) is 5.69 Å². The number of hydrogen-bond acceptors (Lipinski definition) is 4. The molecule has 0 unspecified atom stereocenters. The second kappa shape index (κ2) is 7.38. The fraction of sp³-hybridized carbons (Fsp3) is 0.133. The molecule has 1 heterocycles. The van der Waals surface area contributed by atoms with Crippen molar-refractivity contribution in [2.45, 2.75) is 13.0 Å². The summed E-state index contributed by atoms with van der Waals surface area (Å²) >= 11 is 9.05. The normalized spacial score (nSPS) is 11.6. The minimum Gasteiger partial charge on any atom is -0.449 e. The van der Waals surface area contributed by atoms with E-state index in [-0.39, 0.29) is 5.56 Å². The number of esters is 1. The standard InChI is InChI=1S/C15H12BrClN2O3/c1-9(14(20)19-13-4-2-3-12(17)6-13)22-15(21)10-5-11(16)8-18-7-10/h2-9H,1H3,(H,19,20)/t9-/m1/s1. The molecule has 1 aromatic heterocycles. The van der Waals surface area contributed by atoms with Crippen LogP contribution >= 0.6 is 27.5 Å². The first-order valence-electron chi connectivity index (χ1n) is 6.33. The number of nitrogens with one attached hydrogen (secondary N) is 1. The lowest BCUT2D eigenvalue weighted by Crippen LogP contribution is -2.30. The molecule has 0 aliphatic carbocycles. The third-order valence-corrected chi connectivity index (χ3v) is 3.35. The Morgan fingerprint density at radius 3 is 2.77 bits per heavy atom. The van der Waals surface area contributed by atoms with Gasteiger partial charge in [-0.1, -0.05) is 17.7 Å². The van der Waals surface area contributed by atoms with Crippen molar-refractivity contribution in [1.29, 1.82) is 0 Å². The molecule has 7 heteroatoms. The monoisotopic (exact) mass is 382 g/mol. The van der Waals surface area contributed by atoms with Crippen molar-refractivity contribution >= 4 is 45.1 Å². The Morgan fingerprint density at radius 1 is 1.32 bits per heavy atom. The topological polar surface area (TPSA) is 68.3 Å². The molecule has 2 aromatic rings. The summed E-state index contributed by atoms with van der Waals surface area (Å²) in [4.78, 5) is 27.8. The number of anilines is 1. The molecule has 0 spiro atoms. The number of halogens is 2. The number of hydrogen-bond donors (Lipinski definition) is 1. The highest BCUT2D eigenvalue weighted by Gasteiger charge is 2.19. The van der Waals surface area contributed by atoms with Crippen LogP contribution in [-0.2, 0) is 9.53 Å². The number of aromatic nitrogens is 1. The quantitative estimate of drug-likeness (QED) is 0.818. The molecule has 0 radical (unpaired) electrons. The molecular weight excluding hydrogens is 372 g/mol. The van der Waals surface area contributed by atoms with Crippen LogP contribution in [0, 0.1) is 0 Å².